The minimum atomic E-state index is -1.46. The normalized spacial score (nSPS) is 37.8. The van der Waals surface area contributed by atoms with Crippen LogP contribution in [0.3, 0.4) is 0 Å². The molecular weight excluding hydrogens is 230 g/mol. The summed E-state index contributed by atoms with van der Waals surface area (Å²) in [4.78, 5) is 11.3. The van der Waals surface area contributed by atoms with E-state index in [1.807, 2.05) is 6.92 Å². The Morgan fingerprint density at radius 2 is 1.88 bits per heavy atom. The third kappa shape index (κ3) is 3.36. The molecule has 1 fully saturated rings. The van der Waals surface area contributed by atoms with Crippen LogP contribution >= 0.6 is 0 Å². The SMILES string of the molecule is CCCC(=O)N[C@H]1O[C@H](CO)[C@@H](O)[C@H](O)[C@H]1O. The van der Waals surface area contributed by atoms with Crippen molar-refractivity contribution in [1.29, 1.82) is 0 Å². The number of carbonyl (C=O) groups is 1. The summed E-state index contributed by atoms with van der Waals surface area (Å²) < 4.78 is 5.11. The van der Waals surface area contributed by atoms with Crippen LogP contribution in [0.5, 0.6) is 0 Å². The maximum Gasteiger partial charge on any atom is 0.222 e. The van der Waals surface area contributed by atoms with E-state index in [0.29, 0.717) is 6.42 Å². The van der Waals surface area contributed by atoms with Gasteiger partial charge < -0.3 is 30.5 Å². The Kier molecular flexibility index (Phi) is 5.29. The molecule has 1 amide bonds. The molecule has 1 saturated heterocycles. The van der Waals surface area contributed by atoms with E-state index in [1.54, 1.807) is 0 Å². The third-order valence-corrected chi connectivity index (χ3v) is 2.67. The molecule has 17 heavy (non-hydrogen) atoms. The number of hydrogen-bond donors (Lipinski definition) is 5. The summed E-state index contributed by atoms with van der Waals surface area (Å²) in [6, 6.07) is 0. The van der Waals surface area contributed by atoms with Gasteiger partial charge in [-0.2, -0.15) is 0 Å². The Hall–Kier alpha value is -0.730. The number of carbonyl (C=O) groups excluding carboxylic acids is 1. The first kappa shape index (κ1) is 14.3. The number of hydrogen-bond acceptors (Lipinski definition) is 6. The zero-order valence-corrected chi connectivity index (χ0v) is 9.61. The first-order valence-electron chi connectivity index (χ1n) is 5.61. The Labute approximate surface area is 99.0 Å². The average Bonchev–Trinajstić information content (AvgIpc) is 2.30. The highest BCUT2D eigenvalue weighted by Crippen LogP contribution is 2.19. The molecule has 0 aromatic heterocycles. The van der Waals surface area contributed by atoms with Crippen molar-refractivity contribution in [2.45, 2.75) is 50.4 Å². The van der Waals surface area contributed by atoms with Gasteiger partial charge in [0.2, 0.25) is 5.91 Å². The van der Waals surface area contributed by atoms with Gasteiger partial charge in [-0.3, -0.25) is 4.79 Å². The van der Waals surface area contributed by atoms with Crippen LogP contribution in [0.25, 0.3) is 0 Å². The van der Waals surface area contributed by atoms with Crippen LogP contribution in [0.15, 0.2) is 0 Å². The lowest BCUT2D eigenvalue weighted by Gasteiger charge is -2.40. The number of nitrogens with one attached hydrogen (secondary N) is 1. The van der Waals surface area contributed by atoms with Crippen LogP contribution in [-0.4, -0.2) is 63.6 Å². The molecule has 0 unspecified atom stereocenters. The van der Waals surface area contributed by atoms with E-state index in [1.165, 1.54) is 0 Å². The van der Waals surface area contributed by atoms with E-state index in [2.05, 4.69) is 5.32 Å². The van der Waals surface area contributed by atoms with Crippen LogP contribution in [0, 0.1) is 0 Å². The Morgan fingerprint density at radius 3 is 2.41 bits per heavy atom. The summed E-state index contributed by atoms with van der Waals surface area (Å²) in [6.45, 7) is 1.32. The smallest absolute Gasteiger partial charge is 0.222 e. The zero-order valence-electron chi connectivity index (χ0n) is 9.61. The number of aliphatic hydroxyl groups excluding tert-OH is 4. The largest absolute Gasteiger partial charge is 0.394 e. The fourth-order valence-corrected chi connectivity index (χ4v) is 1.68. The lowest BCUT2D eigenvalue weighted by Crippen LogP contribution is -2.63. The summed E-state index contributed by atoms with van der Waals surface area (Å²) in [5.41, 5.74) is 0. The zero-order chi connectivity index (χ0) is 13.0. The average molecular weight is 249 g/mol. The van der Waals surface area contributed by atoms with Gasteiger partial charge in [0.05, 0.1) is 6.61 Å². The molecular formula is C10H19NO6. The van der Waals surface area contributed by atoms with Crippen molar-refractivity contribution >= 4 is 5.91 Å². The van der Waals surface area contributed by atoms with Gasteiger partial charge in [0.25, 0.3) is 0 Å². The molecule has 7 nitrogen and oxygen atoms in total. The number of amides is 1. The van der Waals surface area contributed by atoms with Crippen LogP contribution in [0.4, 0.5) is 0 Å². The molecule has 5 N–H and O–H groups in total. The number of ether oxygens (including phenoxy) is 1. The summed E-state index contributed by atoms with van der Waals surface area (Å²) in [5.74, 6) is -0.322. The predicted octanol–water partition coefficient (Wildman–Crippen LogP) is -2.30. The molecule has 1 rings (SSSR count). The van der Waals surface area contributed by atoms with Crippen LogP contribution < -0.4 is 5.32 Å². The summed E-state index contributed by atoms with van der Waals surface area (Å²) >= 11 is 0. The van der Waals surface area contributed by atoms with Gasteiger partial charge in [0.15, 0.2) is 6.23 Å². The summed E-state index contributed by atoms with van der Waals surface area (Å²) in [5, 5.41) is 39.9. The first-order chi connectivity index (χ1) is 8.01. The van der Waals surface area contributed by atoms with Gasteiger partial charge in [-0.1, -0.05) is 6.92 Å². The molecule has 0 bridgehead atoms. The highest BCUT2D eigenvalue weighted by atomic mass is 16.6. The molecule has 0 aromatic carbocycles. The monoisotopic (exact) mass is 249 g/mol. The highest BCUT2D eigenvalue weighted by Gasteiger charge is 2.43. The second-order valence-corrected chi connectivity index (χ2v) is 4.07. The van der Waals surface area contributed by atoms with Gasteiger partial charge in [0, 0.05) is 6.42 Å². The van der Waals surface area contributed by atoms with Gasteiger partial charge in [0.1, 0.15) is 24.4 Å². The summed E-state index contributed by atoms with van der Waals surface area (Å²) in [7, 11) is 0. The second-order valence-electron chi connectivity index (χ2n) is 4.07. The Morgan fingerprint density at radius 1 is 1.24 bits per heavy atom. The van der Waals surface area contributed by atoms with E-state index >= 15 is 0 Å². The molecule has 0 aliphatic carbocycles. The van der Waals surface area contributed by atoms with Crippen molar-refractivity contribution in [2.24, 2.45) is 0 Å². The Balaban J connectivity index is 2.62. The van der Waals surface area contributed by atoms with E-state index in [-0.39, 0.29) is 12.3 Å². The lowest BCUT2D eigenvalue weighted by molar-refractivity contribution is -0.235. The quantitative estimate of drug-likeness (QED) is 0.382. The van der Waals surface area contributed by atoms with Crippen molar-refractivity contribution < 1.29 is 30.0 Å². The van der Waals surface area contributed by atoms with Crippen molar-refractivity contribution in [3.63, 3.8) is 0 Å². The van der Waals surface area contributed by atoms with Crippen molar-refractivity contribution in [3.8, 4) is 0 Å². The maximum atomic E-state index is 11.3. The molecule has 0 radical (unpaired) electrons. The molecule has 0 aromatic rings. The van der Waals surface area contributed by atoms with E-state index in [4.69, 9.17) is 9.84 Å². The van der Waals surface area contributed by atoms with E-state index < -0.39 is 37.3 Å². The molecule has 7 heteroatoms. The minimum absolute atomic E-state index is 0.273. The van der Waals surface area contributed by atoms with Crippen molar-refractivity contribution in [2.75, 3.05) is 6.61 Å². The molecule has 0 spiro atoms. The number of aliphatic hydroxyl groups is 4. The van der Waals surface area contributed by atoms with Gasteiger partial charge in [-0.15, -0.1) is 0 Å². The topological polar surface area (TPSA) is 119 Å². The molecule has 100 valence electrons. The molecule has 1 aliphatic rings. The lowest BCUT2D eigenvalue weighted by atomic mass is 9.98. The van der Waals surface area contributed by atoms with Crippen LogP contribution in [0.1, 0.15) is 19.8 Å². The minimum Gasteiger partial charge on any atom is -0.394 e. The fraction of sp³-hybridized carbons (Fsp3) is 0.900. The second kappa shape index (κ2) is 6.27. The highest BCUT2D eigenvalue weighted by molar-refractivity contribution is 5.76. The summed E-state index contributed by atoms with van der Waals surface area (Å²) in [6.07, 6.45) is -5.50. The molecule has 1 aliphatic heterocycles. The standard InChI is InChI=1S/C10H19NO6/c1-2-3-6(13)11-10-9(16)8(15)7(14)5(4-12)17-10/h5,7-10,12,14-16H,2-4H2,1H3,(H,11,13)/t5-,7-,8+,9-,10+/m1/s1. The predicted molar refractivity (Wildman–Crippen MR) is 56.8 cm³/mol. The Bertz CT molecular complexity index is 259. The molecule has 1 heterocycles. The van der Waals surface area contributed by atoms with E-state index in [0.717, 1.165) is 0 Å². The molecule has 0 saturated carbocycles. The van der Waals surface area contributed by atoms with E-state index in [9.17, 15) is 20.1 Å². The van der Waals surface area contributed by atoms with Gasteiger partial charge in [-0.05, 0) is 6.42 Å². The van der Waals surface area contributed by atoms with Gasteiger partial charge in [-0.25, -0.2) is 0 Å². The van der Waals surface area contributed by atoms with Crippen molar-refractivity contribution in [3.05, 3.63) is 0 Å². The van der Waals surface area contributed by atoms with Crippen LogP contribution in [-0.2, 0) is 9.53 Å². The third-order valence-electron chi connectivity index (χ3n) is 2.67. The number of rotatable bonds is 4. The fourth-order valence-electron chi connectivity index (χ4n) is 1.68. The maximum absolute atomic E-state index is 11.3. The first-order valence-corrected chi connectivity index (χ1v) is 5.61. The molecule has 5 atom stereocenters. The van der Waals surface area contributed by atoms with Crippen LogP contribution in [0.2, 0.25) is 0 Å². The van der Waals surface area contributed by atoms with Gasteiger partial charge >= 0.3 is 0 Å². The van der Waals surface area contributed by atoms with Crippen molar-refractivity contribution in [1.82, 2.24) is 5.32 Å².